The van der Waals surface area contributed by atoms with Crippen LogP contribution >= 0.6 is 0 Å². The van der Waals surface area contributed by atoms with E-state index in [0.717, 1.165) is 22.0 Å². The number of aromatic amines is 1. The molecule has 2 aromatic carbocycles. The Morgan fingerprint density at radius 2 is 1.79 bits per heavy atom. The Bertz CT molecular complexity index is 1460. The van der Waals surface area contributed by atoms with E-state index in [1.807, 2.05) is 67.7 Å². The van der Waals surface area contributed by atoms with Crippen LogP contribution in [0.4, 0.5) is 9.59 Å². The van der Waals surface area contributed by atoms with Crippen molar-refractivity contribution >= 4 is 34.8 Å². The highest BCUT2D eigenvalue weighted by Crippen LogP contribution is 2.32. The third-order valence-corrected chi connectivity index (χ3v) is 7.95. The Kier molecular flexibility index (Phi) is 8.24. The number of nitrogens with zero attached hydrogens (tertiary/aromatic N) is 2. The average Bonchev–Trinajstić information content (AvgIpc) is 3.36. The maximum absolute atomic E-state index is 13.8. The van der Waals surface area contributed by atoms with Gasteiger partial charge in [0.25, 0.3) is 0 Å². The predicted octanol–water partition coefficient (Wildman–Crippen LogP) is 4.35. The molecule has 0 aliphatic carbocycles. The molecule has 4 atom stereocenters. The molecule has 3 N–H and O–H groups in total. The summed E-state index contributed by atoms with van der Waals surface area (Å²) in [4.78, 5) is 59.9. The summed E-state index contributed by atoms with van der Waals surface area (Å²) in [5.41, 5.74) is 1.94. The van der Waals surface area contributed by atoms with Gasteiger partial charge in [-0.2, -0.15) is 0 Å². The predicted molar refractivity (Wildman–Crippen MR) is 158 cm³/mol. The standard InChI is InChI=1S/C32H39N5O5/c1-20-27-25(15-10-16-36(27)31(41)37(29(20)39)19-21-11-6-5-7-12-21)34-28(38)26(35-30(40)42-32(2,3)4)17-22-18-33-24-14-9-8-13-23(22)24/h5-9,11-14,18,20,25-27,33H,10,15-17,19H2,1-4H3,(H,34,38)(H,35,40)/t20-,25-,26+,27+/m1/s1. The Morgan fingerprint density at radius 1 is 1.07 bits per heavy atom. The number of carbonyl (C=O) groups is 4. The number of carbonyl (C=O) groups excluding carboxylic acids is 4. The Hall–Kier alpha value is -4.34. The summed E-state index contributed by atoms with van der Waals surface area (Å²) in [7, 11) is 0. The quantitative estimate of drug-likeness (QED) is 0.388. The van der Waals surface area contributed by atoms with Gasteiger partial charge < -0.3 is 25.3 Å². The van der Waals surface area contributed by atoms with Gasteiger partial charge in [-0.3, -0.25) is 14.5 Å². The van der Waals surface area contributed by atoms with E-state index in [1.54, 1.807) is 25.7 Å². The van der Waals surface area contributed by atoms with Crippen molar-refractivity contribution in [1.29, 1.82) is 0 Å². The number of H-pyrrole nitrogens is 1. The monoisotopic (exact) mass is 573 g/mol. The summed E-state index contributed by atoms with van der Waals surface area (Å²) in [6, 6.07) is 15.0. The molecule has 0 radical (unpaired) electrons. The molecule has 1 aromatic heterocycles. The van der Waals surface area contributed by atoms with Crippen LogP contribution < -0.4 is 10.6 Å². The maximum atomic E-state index is 13.8. The second-order valence-corrected chi connectivity index (χ2v) is 12.2. The largest absolute Gasteiger partial charge is 0.444 e. The molecule has 5 amide bonds. The van der Waals surface area contributed by atoms with Crippen molar-refractivity contribution in [3.63, 3.8) is 0 Å². The third kappa shape index (κ3) is 6.27. The smallest absolute Gasteiger partial charge is 0.408 e. The van der Waals surface area contributed by atoms with Gasteiger partial charge in [0.05, 0.1) is 24.5 Å². The molecule has 0 spiro atoms. The van der Waals surface area contributed by atoms with Gasteiger partial charge >= 0.3 is 12.1 Å². The van der Waals surface area contributed by atoms with Gasteiger partial charge in [0.15, 0.2) is 0 Å². The minimum atomic E-state index is -0.936. The van der Waals surface area contributed by atoms with Gasteiger partial charge in [0, 0.05) is 30.1 Å². The number of piperidine rings is 1. The van der Waals surface area contributed by atoms with E-state index in [9.17, 15) is 19.2 Å². The summed E-state index contributed by atoms with van der Waals surface area (Å²) in [6.45, 7) is 7.81. The lowest BCUT2D eigenvalue weighted by Gasteiger charge is -2.49. The van der Waals surface area contributed by atoms with Crippen LogP contribution in [0.3, 0.4) is 0 Å². The zero-order chi connectivity index (χ0) is 30.0. The molecule has 42 heavy (non-hydrogen) atoms. The molecule has 0 bridgehead atoms. The van der Waals surface area contributed by atoms with Crippen molar-refractivity contribution < 1.29 is 23.9 Å². The molecule has 0 unspecified atom stereocenters. The molecule has 10 heteroatoms. The Morgan fingerprint density at radius 3 is 2.52 bits per heavy atom. The van der Waals surface area contributed by atoms with Crippen LogP contribution in [-0.2, 0) is 27.3 Å². The molecule has 222 valence electrons. The number of aromatic nitrogens is 1. The Balaban J connectivity index is 1.35. The molecule has 3 aromatic rings. The van der Waals surface area contributed by atoms with Gasteiger partial charge in [0.1, 0.15) is 11.6 Å². The fraction of sp³-hybridized carbons (Fsp3) is 0.438. The zero-order valence-electron chi connectivity index (χ0n) is 24.6. The second kappa shape index (κ2) is 11.9. The molecule has 2 fully saturated rings. The highest BCUT2D eigenvalue weighted by Gasteiger charge is 2.49. The number of hydrogen-bond acceptors (Lipinski definition) is 5. The number of imide groups is 1. The van der Waals surface area contributed by atoms with Crippen LogP contribution in [0.2, 0.25) is 0 Å². The number of para-hydroxylation sites is 1. The summed E-state index contributed by atoms with van der Waals surface area (Å²) in [6.07, 6.45) is 2.67. The van der Waals surface area contributed by atoms with Gasteiger partial charge in [-0.05, 0) is 50.8 Å². The van der Waals surface area contributed by atoms with Crippen LogP contribution in [0.1, 0.15) is 51.7 Å². The topological polar surface area (TPSA) is 124 Å². The SMILES string of the molecule is C[C@H]1C(=O)N(Cc2ccccc2)C(=O)N2CCC[C@@H](NC(=O)[C@H](Cc3c[nH]c4ccccc34)NC(=O)OC(C)(C)C)[C@H]12. The molecule has 0 saturated carbocycles. The number of fused-ring (bicyclic) bond motifs is 2. The number of amides is 5. The number of rotatable bonds is 7. The van der Waals surface area contributed by atoms with Gasteiger partial charge in [-0.15, -0.1) is 0 Å². The molecule has 3 heterocycles. The van der Waals surface area contributed by atoms with Crippen LogP contribution in [0, 0.1) is 5.92 Å². The molecule has 2 saturated heterocycles. The summed E-state index contributed by atoms with van der Waals surface area (Å²) in [5.74, 6) is -1.16. The van der Waals surface area contributed by atoms with E-state index in [4.69, 9.17) is 4.74 Å². The Labute approximate surface area is 245 Å². The highest BCUT2D eigenvalue weighted by molar-refractivity contribution is 5.99. The van der Waals surface area contributed by atoms with E-state index in [2.05, 4.69) is 15.6 Å². The van der Waals surface area contributed by atoms with E-state index >= 15 is 0 Å². The van der Waals surface area contributed by atoms with Crippen molar-refractivity contribution in [2.45, 2.75) is 77.2 Å². The molecule has 5 rings (SSSR count). The minimum Gasteiger partial charge on any atom is -0.444 e. The fourth-order valence-corrected chi connectivity index (χ4v) is 6.03. The minimum absolute atomic E-state index is 0.204. The van der Waals surface area contributed by atoms with Crippen LogP contribution in [0.5, 0.6) is 0 Å². The molecule has 2 aliphatic heterocycles. The van der Waals surface area contributed by atoms with Crippen LogP contribution in [0.15, 0.2) is 60.8 Å². The maximum Gasteiger partial charge on any atom is 0.408 e. The third-order valence-electron chi connectivity index (χ3n) is 7.95. The van der Waals surface area contributed by atoms with Crippen molar-refractivity contribution in [2.75, 3.05) is 6.54 Å². The number of ether oxygens (including phenoxy) is 1. The number of urea groups is 1. The first kappa shape index (κ1) is 29.2. The molecular weight excluding hydrogens is 534 g/mol. The lowest BCUT2D eigenvalue weighted by molar-refractivity contribution is -0.141. The first-order valence-corrected chi connectivity index (χ1v) is 14.5. The number of hydrogen-bond donors (Lipinski definition) is 3. The van der Waals surface area contributed by atoms with Gasteiger partial charge in [0.2, 0.25) is 11.8 Å². The first-order chi connectivity index (χ1) is 20.0. The van der Waals surface area contributed by atoms with Crippen molar-refractivity contribution in [3.8, 4) is 0 Å². The fourth-order valence-electron chi connectivity index (χ4n) is 6.03. The molecular formula is C32H39N5O5. The van der Waals surface area contributed by atoms with Crippen molar-refractivity contribution in [1.82, 2.24) is 25.4 Å². The molecule has 2 aliphatic rings. The highest BCUT2D eigenvalue weighted by atomic mass is 16.6. The van der Waals surface area contributed by atoms with Crippen molar-refractivity contribution in [3.05, 3.63) is 71.9 Å². The lowest BCUT2D eigenvalue weighted by atomic mass is 9.84. The number of nitrogens with one attached hydrogen (secondary N) is 3. The van der Waals surface area contributed by atoms with Crippen LogP contribution in [-0.4, -0.2) is 69.0 Å². The number of alkyl carbamates (subject to hydrolysis) is 1. The zero-order valence-corrected chi connectivity index (χ0v) is 24.6. The first-order valence-electron chi connectivity index (χ1n) is 14.5. The van der Waals surface area contributed by atoms with E-state index in [1.165, 1.54) is 4.90 Å². The number of benzene rings is 2. The molecule has 10 nitrogen and oxygen atoms in total. The van der Waals surface area contributed by atoms with E-state index in [0.29, 0.717) is 19.4 Å². The van der Waals surface area contributed by atoms with Gasteiger partial charge in [-0.1, -0.05) is 55.5 Å². The summed E-state index contributed by atoms with van der Waals surface area (Å²) < 4.78 is 5.47. The van der Waals surface area contributed by atoms with Gasteiger partial charge in [-0.25, -0.2) is 9.59 Å². The van der Waals surface area contributed by atoms with E-state index < -0.39 is 41.6 Å². The lowest BCUT2D eigenvalue weighted by Crippen LogP contribution is -2.69. The van der Waals surface area contributed by atoms with Crippen molar-refractivity contribution in [2.24, 2.45) is 5.92 Å². The summed E-state index contributed by atoms with van der Waals surface area (Å²) >= 11 is 0. The second-order valence-electron chi connectivity index (χ2n) is 12.2. The average molecular weight is 574 g/mol. The van der Waals surface area contributed by atoms with E-state index in [-0.39, 0.29) is 24.9 Å². The van der Waals surface area contributed by atoms with Crippen LogP contribution in [0.25, 0.3) is 10.9 Å². The normalized spacial score (nSPS) is 21.6. The summed E-state index contributed by atoms with van der Waals surface area (Å²) in [5, 5.41) is 6.82.